The first-order valence-electron chi connectivity index (χ1n) is 9.58. The molecule has 32 heavy (non-hydrogen) atoms. The maximum atomic E-state index is 12.5. The number of H-pyrrole nitrogens is 1. The van der Waals surface area contributed by atoms with Crippen molar-refractivity contribution in [3.63, 3.8) is 0 Å². The van der Waals surface area contributed by atoms with Gasteiger partial charge in [-0.15, -0.1) is 21.5 Å². The van der Waals surface area contributed by atoms with E-state index in [1.807, 2.05) is 58.5 Å². The number of rotatable bonds is 6. The van der Waals surface area contributed by atoms with Gasteiger partial charge in [-0.1, -0.05) is 45.9 Å². The van der Waals surface area contributed by atoms with Crippen molar-refractivity contribution in [2.45, 2.75) is 10.9 Å². The smallest absolute Gasteiger partial charge is 0.258 e. The van der Waals surface area contributed by atoms with E-state index in [0.29, 0.717) is 27.6 Å². The molecule has 2 aromatic carbocycles. The largest absolute Gasteiger partial charge is 0.495 e. The Morgan fingerprint density at radius 3 is 2.84 bits per heavy atom. The summed E-state index contributed by atoms with van der Waals surface area (Å²) in [6.07, 6.45) is 0. The monoisotopic (exact) mass is 525 g/mol. The van der Waals surface area contributed by atoms with E-state index >= 15 is 0 Å². The van der Waals surface area contributed by atoms with Crippen LogP contribution in [0.25, 0.3) is 27.3 Å². The molecule has 0 unspecified atom stereocenters. The van der Waals surface area contributed by atoms with Crippen LogP contribution < -0.4 is 10.3 Å². The number of para-hydroxylation sites is 2. The predicted molar refractivity (Wildman–Crippen MR) is 131 cm³/mol. The van der Waals surface area contributed by atoms with Crippen LogP contribution in [0.5, 0.6) is 5.75 Å². The van der Waals surface area contributed by atoms with E-state index in [9.17, 15) is 4.79 Å². The first-order chi connectivity index (χ1) is 15.6. The zero-order valence-corrected chi connectivity index (χ0v) is 20.0. The molecule has 0 radical (unpaired) electrons. The van der Waals surface area contributed by atoms with Crippen LogP contribution in [0.1, 0.15) is 5.82 Å². The van der Waals surface area contributed by atoms with Crippen LogP contribution in [0.15, 0.2) is 74.4 Å². The number of nitrogens with zero attached hydrogens (tertiary/aromatic N) is 4. The molecule has 3 aromatic heterocycles. The van der Waals surface area contributed by atoms with Gasteiger partial charge in [0, 0.05) is 4.47 Å². The molecule has 0 aliphatic carbocycles. The molecular weight excluding hydrogens is 510 g/mol. The fraction of sp³-hybridized carbons (Fsp3) is 0.0909. The number of ether oxygens (including phenoxy) is 1. The molecule has 0 fully saturated rings. The zero-order valence-electron chi connectivity index (χ0n) is 16.8. The van der Waals surface area contributed by atoms with E-state index in [1.165, 1.54) is 11.8 Å². The molecule has 0 saturated heterocycles. The number of nitrogens with one attached hydrogen (secondary N) is 1. The lowest BCUT2D eigenvalue weighted by molar-refractivity contribution is 0.412. The molecule has 3 heterocycles. The van der Waals surface area contributed by atoms with Crippen molar-refractivity contribution in [1.82, 2.24) is 24.7 Å². The van der Waals surface area contributed by atoms with Crippen molar-refractivity contribution in [2.24, 2.45) is 0 Å². The number of fused-ring (bicyclic) bond motifs is 1. The number of hydrogen-bond acceptors (Lipinski definition) is 7. The Labute approximate surface area is 199 Å². The summed E-state index contributed by atoms with van der Waals surface area (Å²) in [7, 11) is 1.64. The molecule has 0 spiro atoms. The van der Waals surface area contributed by atoms with Crippen LogP contribution in [0.3, 0.4) is 0 Å². The van der Waals surface area contributed by atoms with E-state index in [2.05, 4.69) is 36.1 Å². The summed E-state index contributed by atoms with van der Waals surface area (Å²) >= 11 is 6.44. The zero-order chi connectivity index (χ0) is 22.1. The van der Waals surface area contributed by atoms with E-state index < -0.39 is 0 Å². The molecule has 1 N–H and O–H groups in total. The van der Waals surface area contributed by atoms with E-state index in [1.54, 1.807) is 24.5 Å². The number of aromatic amines is 1. The SMILES string of the molecule is COc1ccccc1-n1c(SCc2nc3ccc(Br)cc3c(=O)[nH]2)nnc1-c1cccs1. The highest BCUT2D eigenvalue weighted by molar-refractivity contribution is 9.10. The molecule has 0 amide bonds. The van der Waals surface area contributed by atoms with Crippen LogP contribution in [-0.4, -0.2) is 31.8 Å². The Balaban J connectivity index is 1.54. The lowest BCUT2D eigenvalue weighted by Crippen LogP contribution is -2.11. The first-order valence-corrected chi connectivity index (χ1v) is 12.2. The minimum Gasteiger partial charge on any atom is -0.495 e. The van der Waals surface area contributed by atoms with Gasteiger partial charge in [0.2, 0.25) is 0 Å². The number of aromatic nitrogens is 5. The van der Waals surface area contributed by atoms with Crippen molar-refractivity contribution < 1.29 is 4.74 Å². The average Bonchev–Trinajstić information content (AvgIpc) is 3.48. The number of benzene rings is 2. The summed E-state index contributed by atoms with van der Waals surface area (Å²) in [6.45, 7) is 0. The third-order valence-corrected chi connectivity index (χ3v) is 7.05. The molecule has 7 nitrogen and oxygen atoms in total. The van der Waals surface area contributed by atoms with Crippen LogP contribution in [-0.2, 0) is 5.75 Å². The van der Waals surface area contributed by atoms with Crippen LogP contribution in [0.4, 0.5) is 0 Å². The van der Waals surface area contributed by atoms with Gasteiger partial charge in [0.05, 0.1) is 34.3 Å². The highest BCUT2D eigenvalue weighted by Gasteiger charge is 2.20. The van der Waals surface area contributed by atoms with Crippen LogP contribution in [0, 0.1) is 0 Å². The van der Waals surface area contributed by atoms with Gasteiger partial charge in [-0.2, -0.15) is 0 Å². The van der Waals surface area contributed by atoms with Gasteiger partial charge in [-0.25, -0.2) is 4.98 Å². The maximum absolute atomic E-state index is 12.5. The van der Waals surface area contributed by atoms with Gasteiger partial charge >= 0.3 is 0 Å². The second-order valence-electron chi connectivity index (χ2n) is 6.75. The third kappa shape index (κ3) is 3.96. The standard InChI is InChI=1S/C22H16BrN5O2S2/c1-30-17-6-3-2-5-16(17)28-20(18-7-4-10-31-18)26-27-22(28)32-12-19-24-15-9-8-13(23)11-14(15)21(29)25-19/h2-11H,12H2,1H3,(H,24,25,29). The number of thioether (sulfide) groups is 1. The molecule has 10 heteroatoms. The molecule has 5 aromatic rings. The Morgan fingerprint density at radius 2 is 2.03 bits per heavy atom. The maximum Gasteiger partial charge on any atom is 0.258 e. The minimum atomic E-state index is -0.169. The summed E-state index contributed by atoms with van der Waals surface area (Å²) in [5.74, 6) is 2.45. The molecular formula is C22H16BrN5O2S2. The number of halogens is 1. The Kier molecular flexibility index (Phi) is 5.81. The molecule has 0 atom stereocenters. The van der Waals surface area contributed by atoms with Crippen molar-refractivity contribution in [3.05, 3.63) is 80.6 Å². The molecule has 5 rings (SSSR count). The second kappa shape index (κ2) is 8.89. The summed E-state index contributed by atoms with van der Waals surface area (Å²) in [6, 6.07) is 17.2. The summed E-state index contributed by atoms with van der Waals surface area (Å²) < 4.78 is 8.40. The van der Waals surface area contributed by atoms with Crippen molar-refractivity contribution in [1.29, 1.82) is 0 Å². The molecule has 0 bridgehead atoms. The van der Waals surface area contributed by atoms with Crippen LogP contribution in [0.2, 0.25) is 0 Å². The quantitative estimate of drug-likeness (QED) is 0.303. The fourth-order valence-electron chi connectivity index (χ4n) is 3.32. The third-order valence-electron chi connectivity index (χ3n) is 4.76. The molecule has 160 valence electrons. The van der Waals surface area contributed by atoms with Gasteiger partial charge in [-0.05, 0) is 41.8 Å². The van der Waals surface area contributed by atoms with E-state index in [4.69, 9.17) is 4.74 Å². The van der Waals surface area contributed by atoms with Gasteiger partial charge in [0.1, 0.15) is 11.6 Å². The lowest BCUT2D eigenvalue weighted by Gasteiger charge is -2.13. The highest BCUT2D eigenvalue weighted by Crippen LogP contribution is 2.34. The first kappa shape index (κ1) is 20.9. The van der Waals surface area contributed by atoms with E-state index in [-0.39, 0.29) is 5.56 Å². The Hall–Kier alpha value is -2.95. The van der Waals surface area contributed by atoms with Gasteiger partial charge in [0.25, 0.3) is 5.56 Å². The normalized spacial score (nSPS) is 11.2. The molecule has 0 aliphatic heterocycles. The number of methoxy groups -OCH3 is 1. The van der Waals surface area contributed by atoms with Crippen LogP contribution >= 0.6 is 39.0 Å². The van der Waals surface area contributed by atoms with E-state index in [0.717, 1.165) is 26.6 Å². The van der Waals surface area contributed by atoms with Gasteiger partial charge < -0.3 is 9.72 Å². The lowest BCUT2D eigenvalue weighted by atomic mass is 10.2. The Morgan fingerprint density at radius 1 is 1.16 bits per heavy atom. The highest BCUT2D eigenvalue weighted by atomic mass is 79.9. The number of thiophene rings is 1. The van der Waals surface area contributed by atoms with Crippen molar-refractivity contribution in [2.75, 3.05) is 7.11 Å². The van der Waals surface area contributed by atoms with Gasteiger partial charge in [-0.3, -0.25) is 9.36 Å². The average molecular weight is 526 g/mol. The fourth-order valence-corrected chi connectivity index (χ4v) is 5.20. The minimum absolute atomic E-state index is 0.169. The topological polar surface area (TPSA) is 85.7 Å². The number of hydrogen-bond donors (Lipinski definition) is 1. The van der Waals surface area contributed by atoms with Gasteiger partial charge in [0.15, 0.2) is 11.0 Å². The molecule has 0 saturated carbocycles. The van der Waals surface area contributed by atoms with Crippen molar-refractivity contribution in [3.8, 4) is 22.1 Å². The molecule has 0 aliphatic rings. The second-order valence-corrected chi connectivity index (χ2v) is 9.56. The predicted octanol–water partition coefficient (Wildman–Crippen LogP) is 5.30. The summed E-state index contributed by atoms with van der Waals surface area (Å²) in [5.41, 5.74) is 1.33. The van der Waals surface area contributed by atoms with Crippen molar-refractivity contribution >= 4 is 49.9 Å². The summed E-state index contributed by atoms with van der Waals surface area (Å²) in [4.78, 5) is 21.0. The Bertz CT molecular complexity index is 1460. The summed E-state index contributed by atoms with van der Waals surface area (Å²) in [5, 5.41) is 12.1.